The van der Waals surface area contributed by atoms with Crippen molar-refractivity contribution in [1.29, 1.82) is 0 Å². The number of rotatable bonds is 5. The number of hydrogen-bond acceptors (Lipinski definition) is 5. The van der Waals surface area contributed by atoms with Crippen LogP contribution in [0.15, 0.2) is 17.0 Å². The Hall–Kier alpha value is -1.68. The normalized spacial score (nSPS) is 16.0. The first-order chi connectivity index (χ1) is 10.8. The topological polar surface area (TPSA) is 78.6 Å². The third kappa shape index (κ3) is 7.42. The largest absolute Gasteiger partial charge is 0.490 e. The number of hydrogen-bond donors (Lipinski definition) is 2. The molecular formula is C13H19F4N3O3. The van der Waals surface area contributed by atoms with E-state index < -0.39 is 12.1 Å². The zero-order chi connectivity index (χ0) is 17.3. The molecule has 0 atom stereocenters. The van der Waals surface area contributed by atoms with Crippen molar-refractivity contribution in [2.75, 3.05) is 26.3 Å². The summed E-state index contributed by atoms with van der Waals surface area (Å²) in [5, 5.41) is 10.4. The number of nitrogens with one attached hydrogen (secondary N) is 1. The third-order valence-corrected chi connectivity index (χ3v) is 3.28. The minimum Gasteiger partial charge on any atom is -0.475 e. The number of halogens is 4. The van der Waals surface area contributed by atoms with Gasteiger partial charge in [-0.2, -0.15) is 13.2 Å². The third-order valence-electron chi connectivity index (χ3n) is 3.28. The van der Waals surface area contributed by atoms with Gasteiger partial charge in [-0.15, -0.1) is 0 Å². The van der Waals surface area contributed by atoms with E-state index in [0.717, 1.165) is 31.7 Å². The Labute approximate surface area is 130 Å². The molecule has 1 aromatic heterocycles. The molecular weight excluding hydrogens is 322 g/mol. The first-order valence-electron chi connectivity index (χ1n) is 7.02. The molecule has 1 saturated heterocycles. The van der Waals surface area contributed by atoms with Crippen LogP contribution in [0.2, 0.25) is 0 Å². The number of oxazole rings is 1. The molecule has 2 heterocycles. The van der Waals surface area contributed by atoms with Crippen molar-refractivity contribution in [3.05, 3.63) is 18.4 Å². The number of aliphatic carboxylic acids is 1. The summed E-state index contributed by atoms with van der Waals surface area (Å²) in [6, 6.07) is 0.460. The van der Waals surface area contributed by atoms with Crippen LogP contribution < -0.4 is 5.32 Å². The van der Waals surface area contributed by atoms with Crippen molar-refractivity contribution in [2.45, 2.75) is 31.6 Å². The van der Waals surface area contributed by atoms with Crippen molar-refractivity contribution < 1.29 is 31.9 Å². The van der Waals surface area contributed by atoms with E-state index in [9.17, 15) is 17.6 Å². The van der Waals surface area contributed by atoms with Crippen molar-refractivity contribution >= 4 is 5.97 Å². The highest BCUT2D eigenvalue weighted by atomic mass is 19.4. The highest BCUT2D eigenvalue weighted by Crippen LogP contribution is 2.15. The lowest BCUT2D eigenvalue weighted by Crippen LogP contribution is -2.43. The molecule has 23 heavy (non-hydrogen) atoms. The number of alkyl halides is 4. The van der Waals surface area contributed by atoms with E-state index in [1.807, 2.05) is 0 Å². The van der Waals surface area contributed by atoms with E-state index in [0.29, 0.717) is 19.1 Å². The number of carboxylic acids is 1. The molecule has 0 radical (unpaired) electrons. The van der Waals surface area contributed by atoms with Gasteiger partial charge in [0.05, 0.1) is 12.7 Å². The molecule has 0 bridgehead atoms. The molecule has 10 heteroatoms. The smallest absolute Gasteiger partial charge is 0.475 e. The molecule has 0 unspecified atom stereocenters. The summed E-state index contributed by atoms with van der Waals surface area (Å²) in [6.07, 6.45) is 0.194. The highest BCUT2D eigenvalue weighted by Gasteiger charge is 2.38. The summed E-state index contributed by atoms with van der Waals surface area (Å²) in [7, 11) is 0. The van der Waals surface area contributed by atoms with Crippen LogP contribution in [0, 0.1) is 0 Å². The fraction of sp³-hybridized carbons (Fsp3) is 0.692. The van der Waals surface area contributed by atoms with Gasteiger partial charge in [0.1, 0.15) is 12.4 Å². The van der Waals surface area contributed by atoms with E-state index in [1.54, 1.807) is 6.20 Å². The zero-order valence-corrected chi connectivity index (χ0v) is 12.4. The maximum atomic E-state index is 12.5. The fourth-order valence-electron chi connectivity index (χ4n) is 2.19. The predicted octanol–water partition coefficient (Wildman–Crippen LogP) is 1.83. The first kappa shape index (κ1) is 19.4. The number of carbonyl (C=O) groups is 1. The number of aromatic nitrogens is 1. The molecule has 2 rings (SSSR count). The number of nitrogens with zero attached hydrogens (tertiary/aromatic N) is 2. The molecule has 2 N–H and O–H groups in total. The SMILES string of the molecule is FCCN(Cc1cnco1)C1CCNCC1.O=C(O)C(F)(F)F. The highest BCUT2D eigenvalue weighted by molar-refractivity contribution is 5.73. The lowest BCUT2D eigenvalue weighted by Gasteiger charge is -2.33. The van der Waals surface area contributed by atoms with Gasteiger partial charge in [0.25, 0.3) is 0 Å². The molecule has 1 aliphatic rings. The number of carboxylic acid groups (broad SMARTS) is 1. The quantitative estimate of drug-likeness (QED) is 0.796. The lowest BCUT2D eigenvalue weighted by molar-refractivity contribution is -0.192. The zero-order valence-electron chi connectivity index (χ0n) is 12.4. The predicted molar refractivity (Wildman–Crippen MR) is 72.5 cm³/mol. The van der Waals surface area contributed by atoms with Gasteiger partial charge in [-0.25, -0.2) is 14.2 Å². The van der Waals surface area contributed by atoms with Gasteiger partial charge < -0.3 is 14.8 Å². The lowest BCUT2D eigenvalue weighted by atomic mass is 10.0. The number of piperidine rings is 1. The second-order valence-corrected chi connectivity index (χ2v) is 4.91. The van der Waals surface area contributed by atoms with Gasteiger partial charge in [-0.1, -0.05) is 0 Å². The van der Waals surface area contributed by atoms with Gasteiger partial charge in [0.2, 0.25) is 0 Å². The van der Waals surface area contributed by atoms with Gasteiger partial charge in [-0.3, -0.25) is 4.90 Å². The van der Waals surface area contributed by atoms with Crippen molar-refractivity contribution in [3.8, 4) is 0 Å². The fourth-order valence-corrected chi connectivity index (χ4v) is 2.19. The Kier molecular flexibility index (Phi) is 7.96. The van der Waals surface area contributed by atoms with Gasteiger partial charge >= 0.3 is 12.1 Å². The molecule has 0 aliphatic carbocycles. The summed E-state index contributed by atoms with van der Waals surface area (Å²) < 4.78 is 49.5. The molecule has 0 spiro atoms. The van der Waals surface area contributed by atoms with Crippen LogP contribution >= 0.6 is 0 Å². The van der Waals surface area contributed by atoms with Gasteiger partial charge in [0, 0.05) is 12.6 Å². The standard InChI is InChI=1S/C11H18FN3O.C2HF3O2/c12-3-6-15(8-11-7-14-9-16-11)10-1-4-13-5-2-10;3-2(4,5)1(6)7/h7,9-10,13H,1-6,8H2;(H,6,7). The Morgan fingerprint density at radius 1 is 1.43 bits per heavy atom. The summed E-state index contributed by atoms with van der Waals surface area (Å²) in [5.41, 5.74) is 0. The van der Waals surface area contributed by atoms with Crippen LogP contribution in [-0.2, 0) is 11.3 Å². The Balaban J connectivity index is 0.000000322. The van der Waals surface area contributed by atoms with E-state index in [4.69, 9.17) is 14.3 Å². The minimum absolute atomic E-state index is 0.307. The molecule has 1 fully saturated rings. The summed E-state index contributed by atoms with van der Waals surface area (Å²) in [4.78, 5) is 14.9. The average Bonchev–Trinajstić information content (AvgIpc) is 3.00. The first-order valence-corrected chi connectivity index (χ1v) is 7.02. The van der Waals surface area contributed by atoms with Crippen LogP contribution in [0.1, 0.15) is 18.6 Å². The van der Waals surface area contributed by atoms with Crippen LogP contribution in [0.4, 0.5) is 17.6 Å². The van der Waals surface area contributed by atoms with Crippen molar-refractivity contribution in [1.82, 2.24) is 15.2 Å². The van der Waals surface area contributed by atoms with Crippen LogP contribution in [0.3, 0.4) is 0 Å². The molecule has 1 aliphatic heterocycles. The van der Waals surface area contributed by atoms with E-state index in [2.05, 4.69) is 15.2 Å². The summed E-state index contributed by atoms with van der Waals surface area (Å²) in [6.45, 7) is 2.87. The van der Waals surface area contributed by atoms with E-state index in [-0.39, 0.29) is 6.67 Å². The van der Waals surface area contributed by atoms with E-state index >= 15 is 0 Å². The summed E-state index contributed by atoms with van der Waals surface area (Å²) >= 11 is 0. The van der Waals surface area contributed by atoms with E-state index in [1.165, 1.54) is 6.39 Å². The van der Waals surface area contributed by atoms with Gasteiger partial charge in [-0.05, 0) is 25.9 Å². The minimum atomic E-state index is -5.08. The van der Waals surface area contributed by atoms with Crippen LogP contribution in [0.25, 0.3) is 0 Å². The maximum absolute atomic E-state index is 12.5. The Morgan fingerprint density at radius 3 is 2.48 bits per heavy atom. The molecule has 0 aromatic carbocycles. The summed E-state index contributed by atoms with van der Waals surface area (Å²) in [5.74, 6) is -1.94. The molecule has 0 amide bonds. The second-order valence-electron chi connectivity index (χ2n) is 4.91. The molecule has 6 nitrogen and oxygen atoms in total. The maximum Gasteiger partial charge on any atom is 0.490 e. The molecule has 1 aromatic rings. The monoisotopic (exact) mass is 341 g/mol. The Bertz CT molecular complexity index is 448. The van der Waals surface area contributed by atoms with Crippen LogP contribution in [-0.4, -0.2) is 59.5 Å². The van der Waals surface area contributed by atoms with Crippen molar-refractivity contribution in [2.24, 2.45) is 0 Å². The van der Waals surface area contributed by atoms with Crippen LogP contribution in [0.5, 0.6) is 0 Å². The van der Waals surface area contributed by atoms with Gasteiger partial charge in [0.15, 0.2) is 6.39 Å². The molecule has 132 valence electrons. The second kappa shape index (κ2) is 9.46. The average molecular weight is 341 g/mol. The molecule has 0 saturated carbocycles. The Morgan fingerprint density at radius 2 is 2.04 bits per heavy atom. The van der Waals surface area contributed by atoms with Crippen molar-refractivity contribution in [3.63, 3.8) is 0 Å².